The van der Waals surface area contributed by atoms with Crippen molar-refractivity contribution in [2.75, 3.05) is 6.54 Å². The summed E-state index contributed by atoms with van der Waals surface area (Å²) in [5, 5.41) is 8.02. The van der Waals surface area contributed by atoms with Crippen molar-refractivity contribution in [3.63, 3.8) is 0 Å². The molecule has 2 bridgehead atoms. The number of nitrogens with one attached hydrogen (secondary N) is 1. The summed E-state index contributed by atoms with van der Waals surface area (Å²) in [6.45, 7) is 4.22. The molecule has 0 spiro atoms. The molecule has 0 amide bonds. The van der Waals surface area contributed by atoms with Crippen molar-refractivity contribution in [2.45, 2.75) is 57.3 Å². The molecule has 0 saturated carbocycles. The smallest absolute Gasteiger partial charge is 0.164 e. The Labute approximate surface area is 109 Å². The van der Waals surface area contributed by atoms with Crippen LogP contribution in [-0.2, 0) is 13.6 Å². The summed E-state index contributed by atoms with van der Waals surface area (Å²) >= 11 is 0. The van der Waals surface area contributed by atoms with E-state index in [0.717, 1.165) is 37.0 Å². The van der Waals surface area contributed by atoms with Crippen LogP contribution in [0.15, 0.2) is 6.33 Å². The largest absolute Gasteiger partial charge is 0.314 e. The van der Waals surface area contributed by atoms with E-state index in [-0.39, 0.29) is 0 Å². The molecule has 0 aromatic carbocycles. The van der Waals surface area contributed by atoms with Gasteiger partial charge < -0.3 is 5.32 Å². The summed E-state index contributed by atoms with van der Waals surface area (Å²) in [6.07, 6.45) is 7.07. The first-order chi connectivity index (χ1) is 8.76. The molecule has 3 heterocycles. The van der Waals surface area contributed by atoms with Crippen LogP contribution in [-0.4, -0.2) is 44.3 Å². The van der Waals surface area contributed by atoms with Gasteiger partial charge in [0.05, 0.1) is 6.54 Å². The molecule has 100 valence electrons. The van der Waals surface area contributed by atoms with Crippen LogP contribution in [0.5, 0.6) is 0 Å². The van der Waals surface area contributed by atoms with Gasteiger partial charge >= 0.3 is 0 Å². The molecule has 1 aromatic rings. The first-order valence-corrected chi connectivity index (χ1v) is 7.10. The first kappa shape index (κ1) is 12.1. The number of fused-ring (bicyclic) bond motifs is 2. The summed E-state index contributed by atoms with van der Waals surface area (Å²) in [7, 11) is 1.93. The fourth-order valence-electron chi connectivity index (χ4n) is 3.61. The van der Waals surface area contributed by atoms with Crippen LogP contribution < -0.4 is 5.32 Å². The summed E-state index contributed by atoms with van der Waals surface area (Å²) < 4.78 is 1.79. The van der Waals surface area contributed by atoms with Crippen molar-refractivity contribution in [1.29, 1.82) is 0 Å². The molecule has 0 aliphatic carbocycles. The van der Waals surface area contributed by atoms with Gasteiger partial charge in [0.15, 0.2) is 5.82 Å². The lowest BCUT2D eigenvalue weighted by Gasteiger charge is -2.38. The van der Waals surface area contributed by atoms with Gasteiger partial charge in [0, 0.05) is 25.2 Å². The third kappa shape index (κ3) is 2.29. The van der Waals surface area contributed by atoms with E-state index >= 15 is 0 Å². The van der Waals surface area contributed by atoms with Crippen LogP contribution >= 0.6 is 0 Å². The number of nitrogens with zero attached hydrogens (tertiary/aromatic N) is 4. The topological polar surface area (TPSA) is 46.0 Å². The molecule has 18 heavy (non-hydrogen) atoms. The van der Waals surface area contributed by atoms with E-state index in [1.807, 2.05) is 7.05 Å². The molecular formula is C13H23N5. The van der Waals surface area contributed by atoms with Crippen molar-refractivity contribution in [3.8, 4) is 0 Å². The van der Waals surface area contributed by atoms with E-state index in [4.69, 9.17) is 0 Å². The minimum atomic E-state index is 0.723. The van der Waals surface area contributed by atoms with Crippen LogP contribution in [0, 0.1) is 0 Å². The lowest BCUT2D eigenvalue weighted by molar-refractivity contribution is 0.107. The van der Waals surface area contributed by atoms with Gasteiger partial charge in [0.1, 0.15) is 6.33 Å². The van der Waals surface area contributed by atoms with E-state index in [9.17, 15) is 0 Å². The van der Waals surface area contributed by atoms with Gasteiger partial charge in [0.2, 0.25) is 0 Å². The molecule has 5 nitrogen and oxygen atoms in total. The molecular weight excluding hydrogens is 226 g/mol. The third-order valence-corrected chi connectivity index (χ3v) is 4.35. The maximum Gasteiger partial charge on any atom is 0.164 e. The molecule has 2 atom stereocenters. The molecule has 2 aliphatic heterocycles. The van der Waals surface area contributed by atoms with Gasteiger partial charge in [-0.25, -0.2) is 4.98 Å². The maximum absolute atomic E-state index is 4.41. The van der Waals surface area contributed by atoms with E-state index in [1.165, 1.54) is 25.7 Å². The number of rotatable bonds is 4. The molecule has 3 rings (SSSR count). The summed E-state index contributed by atoms with van der Waals surface area (Å²) in [5.41, 5.74) is 0. The summed E-state index contributed by atoms with van der Waals surface area (Å²) in [6, 6.07) is 2.19. The van der Waals surface area contributed by atoms with Crippen LogP contribution in [0.2, 0.25) is 0 Å². The van der Waals surface area contributed by atoms with Crippen molar-refractivity contribution < 1.29 is 0 Å². The average molecular weight is 249 g/mol. The first-order valence-electron chi connectivity index (χ1n) is 7.10. The Bertz CT molecular complexity index is 388. The average Bonchev–Trinajstić information content (AvgIpc) is 2.83. The van der Waals surface area contributed by atoms with Crippen molar-refractivity contribution in [3.05, 3.63) is 12.2 Å². The monoisotopic (exact) mass is 249 g/mol. The Balaban J connectivity index is 1.65. The van der Waals surface area contributed by atoms with E-state index in [0.29, 0.717) is 0 Å². The van der Waals surface area contributed by atoms with E-state index < -0.39 is 0 Å². The minimum absolute atomic E-state index is 0.723. The van der Waals surface area contributed by atoms with Crippen LogP contribution in [0.25, 0.3) is 0 Å². The van der Waals surface area contributed by atoms with Crippen molar-refractivity contribution >= 4 is 0 Å². The molecule has 2 fully saturated rings. The highest BCUT2D eigenvalue weighted by atomic mass is 15.3. The van der Waals surface area contributed by atoms with E-state index in [1.54, 1.807) is 11.0 Å². The van der Waals surface area contributed by atoms with Crippen LogP contribution in [0.3, 0.4) is 0 Å². The standard InChI is InChI=1S/C13H23N5/c1-3-14-10-6-11-4-5-12(7-10)18(11)8-13-15-9-17(2)16-13/h9-12,14H,3-8H2,1-2H3. The Morgan fingerprint density at radius 2 is 2.06 bits per heavy atom. The second kappa shape index (κ2) is 4.97. The number of piperidine rings is 1. The normalized spacial score (nSPS) is 32.0. The maximum atomic E-state index is 4.41. The van der Waals surface area contributed by atoms with E-state index in [2.05, 4.69) is 27.2 Å². The molecule has 1 aromatic heterocycles. The number of aryl methyl sites for hydroxylation is 1. The predicted octanol–water partition coefficient (Wildman–Crippen LogP) is 0.920. The third-order valence-electron chi connectivity index (χ3n) is 4.35. The highest BCUT2D eigenvalue weighted by Gasteiger charge is 2.40. The Hall–Kier alpha value is -0.940. The number of aromatic nitrogens is 3. The minimum Gasteiger partial charge on any atom is -0.314 e. The van der Waals surface area contributed by atoms with Gasteiger partial charge in [-0.05, 0) is 32.2 Å². The lowest BCUT2D eigenvalue weighted by atomic mass is 9.97. The fraction of sp³-hybridized carbons (Fsp3) is 0.846. The highest BCUT2D eigenvalue weighted by molar-refractivity contribution is 4.99. The zero-order chi connectivity index (χ0) is 12.5. The zero-order valence-electron chi connectivity index (χ0n) is 11.3. The Morgan fingerprint density at radius 3 is 2.61 bits per heavy atom. The number of hydrogen-bond donors (Lipinski definition) is 1. The summed E-state index contributed by atoms with van der Waals surface area (Å²) in [4.78, 5) is 6.98. The van der Waals surface area contributed by atoms with Gasteiger partial charge in [-0.3, -0.25) is 9.58 Å². The van der Waals surface area contributed by atoms with Crippen LogP contribution in [0.4, 0.5) is 0 Å². The fourth-order valence-corrected chi connectivity index (χ4v) is 3.61. The Morgan fingerprint density at radius 1 is 1.33 bits per heavy atom. The van der Waals surface area contributed by atoms with Gasteiger partial charge in [-0.2, -0.15) is 5.10 Å². The van der Waals surface area contributed by atoms with Gasteiger partial charge in [-0.1, -0.05) is 6.92 Å². The quantitative estimate of drug-likeness (QED) is 0.862. The van der Waals surface area contributed by atoms with Crippen molar-refractivity contribution in [1.82, 2.24) is 25.0 Å². The molecule has 5 heteroatoms. The molecule has 2 unspecified atom stereocenters. The molecule has 1 N–H and O–H groups in total. The number of hydrogen-bond acceptors (Lipinski definition) is 4. The molecule has 0 radical (unpaired) electrons. The summed E-state index contributed by atoms with van der Waals surface area (Å²) in [5.74, 6) is 0.969. The second-order valence-electron chi connectivity index (χ2n) is 5.62. The van der Waals surface area contributed by atoms with Gasteiger partial charge in [0.25, 0.3) is 0 Å². The molecule has 2 aliphatic rings. The zero-order valence-corrected chi connectivity index (χ0v) is 11.3. The lowest BCUT2D eigenvalue weighted by Crippen LogP contribution is -2.48. The van der Waals surface area contributed by atoms with Crippen LogP contribution in [0.1, 0.15) is 38.4 Å². The van der Waals surface area contributed by atoms with Crippen molar-refractivity contribution in [2.24, 2.45) is 7.05 Å². The molecule has 2 saturated heterocycles. The SMILES string of the molecule is CCNC1CC2CCC(C1)N2Cc1ncn(C)n1. The predicted molar refractivity (Wildman–Crippen MR) is 70.1 cm³/mol. The Kier molecular flexibility index (Phi) is 3.35. The van der Waals surface area contributed by atoms with Gasteiger partial charge in [-0.15, -0.1) is 0 Å². The second-order valence-corrected chi connectivity index (χ2v) is 5.62. The highest BCUT2D eigenvalue weighted by Crippen LogP contribution is 2.36.